The molecule has 0 unspecified atom stereocenters. The molecule has 0 spiro atoms. The second kappa shape index (κ2) is 7.43. The van der Waals surface area contributed by atoms with Gasteiger partial charge in [0.05, 0.1) is 12.6 Å². The third-order valence-corrected chi connectivity index (χ3v) is 4.40. The minimum absolute atomic E-state index is 0.300. The zero-order valence-electron chi connectivity index (χ0n) is 15.2. The van der Waals surface area contributed by atoms with E-state index in [0.717, 1.165) is 11.1 Å². The maximum Gasteiger partial charge on any atom is 0.322 e. The number of ether oxygens (including phenoxy) is 1. The van der Waals surface area contributed by atoms with Crippen LogP contribution in [0.5, 0.6) is 11.5 Å². The lowest BCUT2D eigenvalue weighted by molar-refractivity contribution is -0.135. The zero-order valence-corrected chi connectivity index (χ0v) is 15.2. The molecular formula is C20H18N2O6. The number of rotatable bonds is 5. The lowest BCUT2D eigenvalue weighted by atomic mass is 10.0. The molecule has 144 valence electrons. The number of hydrogen-bond donors (Lipinski definition) is 3. The lowest BCUT2D eigenvalue weighted by Gasteiger charge is -2.13. The van der Waals surface area contributed by atoms with Gasteiger partial charge < -0.3 is 24.8 Å². The molecule has 0 fully saturated rings. The van der Waals surface area contributed by atoms with Crippen molar-refractivity contribution >= 4 is 22.8 Å². The quantitative estimate of drug-likeness (QED) is 0.619. The van der Waals surface area contributed by atoms with Crippen molar-refractivity contribution in [2.75, 3.05) is 13.7 Å². The molecule has 3 N–H and O–H groups in total. The van der Waals surface area contributed by atoms with E-state index < -0.39 is 35.3 Å². The van der Waals surface area contributed by atoms with Crippen molar-refractivity contribution in [1.82, 2.24) is 9.88 Å². The predicted molar refractivity (Wildman–Crippen MR) is 103 cm³/mol. The summed E-state index contributed by atoms with van der Waals surface area (Å²) >= 11 is 0. The van der Waals surface area contributed by atoms with Crippen LogP contribution in [0.15, 0.2) is 47.3 Å². The standard InChI is InChI=1S/C20H18N2O6/c1-22-15-9-12(11-4-3-5-13(8-11)28-2)6-7-14(15)18(25)17(20(22)27)19(26)21-10-16(23)24/h3-9,25H,10H2,1-2H3,(H,21,26)(H,23,24). The number of carboxylic acids is 1. The van der Waals surface area contributed by atoms with Crippen molar-refractivity contribution in [2.24, 2.45) is 7.05 Å². The Labute approximate surface area is 159 Å². The van der Waals surface area contributed by atoms with Gasteiger partial charge in [0, 0.05) is 12.4 Å². The zero-order chi connectivity index (χ0) is 20.4. The summed E-state index contributed by atoms with van der Waals surface area (Å²) < 4.78 is 6.47. The summed E-state index contributed by atoms with van der Waals surface area (Å²) in [6.45, 7) is -0.658. The molecule has 0 aliphatic rings. The smallest absolute Gasteiger partial charge is 0.322 e. The van der Waals surface area contributed by atoms with Crippen LogP contribution < -0.4 is 15.6 Å². The fourth-order valence-electron chi connectivity index (χ4n) is 2.95. The molecular weight excluding hydrogens is 364 g/mol. The third-order valence-electron chi connectivity index (χ3n) is 4.40. The maximum atomic E-state index is 12.6. The minimum atomic E-state index is -1.26. The van der Waals surface area contributed by atoms with E-state index >= 15 is 0 Å². The van der Waals surface area contributed by atoms with Crippen molar-refractivity contribution < 1.29 is 24.5 Å². The summed E-state index contributed by atoms with van der Waals surface area (Å²) in [7, 11) is 3.05. The first kappa shape index (κ1) is 19.0. The molecule has 8 nitrogen and oxygen atoms in total. The van der Waals surface area contributed by atoms with Crippen molar-refractivity contribution in [3.63, 3.8) is 0 Å². The van der Waals surface area contributed by atoms with Gasteiger partial charge in [-0.1, -0.05) is 18.2 Å². The number of fused-ring (bicyclic) bond motifs is 1. The van der Waals surface area contributed by atoms with Crippen molar-refractivity contribution in [1.29, 1.82) is 0 Å². The Morgan fingerprint density at radius 3 is 2.54 bits per heavy atom. The van der Waals surface area contributed by atoms with Crippen molar-refractivity contribution in [3.05, 3.63) is 58.4 Å². The molecule has 0 aliphatic carbocycles. The highest BCUT2D eigenvalue weighted by molar-refractivity contribution is 6.03. The van der Waals surface area contributed by atoms with Gasteiger partial charge in [0.15, 0.2) is 0 Å². The summed E-state index contributed by atoms with van der Waals surface area (Å²) in [5.41, 5.74) is 0.860. The number of carboxylic acid groups (broad SMARTS) is 1. The predicted octanol–water partition coefficient (Wildman–Crippen LogP) is 1.73. The number of methoxy groups -OCH3 is 1. The number of nitrogens with one attached hydrogen (secondary N) is 1. The van der Waals surface area contributed by atoms with Crippen LogP contribution in [0, 0.1) is 0 Å². The summed E-state index contributed by atoms with van der Waals surface area (Å²) in [6.07, 6.45) is 0. The number of carbonyl (C=O) groups excluding carboxylic acids is 1. The molecule has 1 amide bonds. The Bertz CT molecular complexity index is 1150. The molecule has 3 rings (SSSR count). The highest BCUT2D eigenvalue weighted by Crippen LogP contribution is 2.31. The van der Waals surface area contributed by atoms with E-state index in [-0.39, 0.29) is 0 Å². The maximum absolute atomic E-state index is 12.6. The van der Waals surface area contributed by atoms with Gasteiger partial charge in [0.2, 0.25) is 0 Å². The molecule has 0 saturated heterocycles. The first-order chi connectivity index (χ1) is 13.3. The number of aryl methyl sites for hydroxylation is 1. The van der Waals surface area contributed by atoms with E-state index in [9.17, 15) is 19.5 Å². The van der Waals surface area contributed by atoms with Gasteiger partial charge >= 0.3 is 5.97 Å². The molecule has 1 heterocycles. The van der Waals surface area contributed by atoms with Gasteiger partial charge in [0.1, 0.15) is 23.6 Å². The SMILES string of the molecule is COc1cccc(-c2ccc3c(O)c(C(=O)NCC(=O)O)c(=O)n(C)c3c2)c1. The number of amides is 1. The van der Waals surface area contributed by atoms with E-state index in [2.05, 4.69) is 5.32 Å². The van der Waals surface area contributed by atoms with Crippen LogP contribution in [0.1, 0.15) is 10.4 Å². The van der Waals surface area contributed by atoms with Crippen molar-refractivity contribution in [2.45, 2.75) is 0 Å². The Morgan fingerprint density at radius 2 is 1.86 bits per heavy atom. The molecule has 0 aliphatic heterocycles. The Balaban J connectivity index is 2.14. The summed E-state index contributed by atoms with van der Waals surface area (Å²) in [5, 5.41) is 21.6. The number of nitrogens with zero attached hydrogens (tertiary/aromatic N) is 1. The molecule has 0 atom stereocenters. The summed E-state index contributed by atoms with van der Waals surface area (Å²) in [5.74, 6) is -2.01. The normalized spacial score (nSPS) is 10.6. The number of aliphatic carboxylic acids is 1. The number of aromatic nitrogens is 1. The molecule has 1 aromatic heterocycles. The monoisotopic (exact) mass is 382 g/mol. The molecule has 3 aromatic rings. The van der Waals surface area contributed by atoms with Crippen LogP contribution >= 0.6 is 0 Å². The van der Waals surface area contributed by atoms with E-state index in [0.29, 0.717) is 16.7 Å². The van der Waals surface area contributed by atoms with Crippen LogP contribution in [0.3, 0.4) is 0 Å². The summed E-state index contributed by atoms with van der Waals surface area (Å²) in [4.78, 5) is 35.4. The van der Waals surface area contributed by atoms with E-state index in [1.165, 1.54) is 11.6 Å². The number of carbonyl (C=O) groups is 2. The second-order valence-corrected chi connectivity index (χ2v) is 6.13. The first-order valence-electron chi connectivity index (χ1n) is 8.33. The largest absolute Gasteiger partial charge is 0.506 e. The van der Waals surface area contributed by atoms with Gasteiger partial charge in [-0.3, -0.25) is 14.4 Å². The van der Waals surface area contributed by atoms with Crippen LogP contribution in [-0.2, 0) is 11.8 Å². The average Bonchev–Trinajstić information content (AvgIpc) is 2.70. The topological polar surface area (TPSA) is 118 Å². The molecule has 28 heavy (non-hydrogen) atoms. The van der Waals surface area contributed by atoms with Gasteiger partial charge in [-0.05, 0) is 35.4 Å². The molecule has 0 radical (unpaired) electrons. The van der Waals surface area contributed by atoms with Crippen LogP contribution in [-0.4, -0.2) is 40.3 Å². The van der Waals surface area contributed by atoms with E-state index in [1.54, 1.807) is 25.3 Å². The van der Waals surface area contributed by atoms with Gasteiger partial charge in [0.25, 0.3) is 11.5 Å². The van der Waals surface area contributed by atoms with Gasteiger partial charge in [-0.15, -0.1) is 0 Å². The van der Waals surface area contributed by atoms with Crippen molar-refractivity contribution in [3.8, 4) is 22.6 Å². The van der Waals surface area contributed by atoms with E-state index in [1.807, 2.05) is 24.3 Å². The Kier molecular flexibility index (Phi) is 5.04. The highest BCUT2D eigenvalue weighted by Gasteiger charge is 2.21. The first-order valence-corrected chi connectivity index (χ1v) is 8.33. The fourth-order valence-corrected chi connectivity index (χ4v) is 2.95. The fraction of sp³-hybridized carbons (Fsp3) is 0.150. The highest BCUT2D eigenvalue weighted by atomic mass is 16.5. The second-order valence-electron chi connectivity index (χ2n) is 6.13. The molecule has 2 aromatic carbocycles. The van der Waals surface area contributed by atoms with Crippen LogP contribution in [0.4, 0.5) is 0 Å². The Hall–Kier alpha value is -3.81. The number of aromatic hydroxyl groups is 1. The molecule has 0 saturated carbocycles. The lowest BCUT2D eigenvalue weighted by Crippen LogP contribution is -2.35. The van der Waals surface area contributed by atoms with Gasteiger partial charge in [-0.2, -0.15) is 0 Å². The Morgan fingerprint density at radius 1 is 1.14 bits per heavy atom. The third kappa shape index (κ3) is 3.39. The van der Waals surface area contributed by atoms with Gasteiger partial charge in [-0.25, -0.2) is 0 Å². The van der Waals surface area contributed by atoms with Crippen LogP contribution in [0.2, 0.25) is 0 Å². The average molecular weight is 382 g/mol. The number of benzene rings is 2. The minimum Gasteiger partial charge on any atom is -0.506 e. The van der Waals surface area contributed by atoms with E-state index in [4.69, 9.17) is 9.84 Å². The number of pyridine rings is 1. The molecule has 8 heteroatoms. The molecule has 0 bridgehead atoms. The van der Waals surface area contributed by atoms with Crippen LogP contribution in [0.25, 0.3) is 22.0 Å². The summed E-state index contributed by atoms with van der Waals surface area (Å²) in [6, 6.07) is 12.5. The number of hydrogen-bond acceptors (Lipinski definition) is 5.